The minimum atomic E-state index is -0.342. The summed E-state index contributed by atoms with van der Waals surface area (Å²) < 4.78 is 5.33. The molecule has 0 aliphatic heterocycles. The number of carbonyl (C=O) groups is 2. The Hall–Kier alpha value is -3.15. The van der Waals surface area contributed by atoms with Gasteiger partial charge in [0, 0.05) is 17.0 Å². The zero-order valence-electron chi connectivity index (χ0n) is 14.3. The molecule has 0 spiro atoms. The molecule has 0 aliphatic rings. The van der Waals surface area contributed by atoms with Crippen LogP contribution in [0.25, 0.3) is 0 Å². The molecule has 25 heavy (non-hydrogen) atoms. The number of hydrazone groups is 1. The lowest BCUT2D eigenvalue weighted by molar-refractivity contribution is -0.115. The SMILES string of the molecule is CCOc1ccc(C(=O)NN=C(C)CC(=O)Nc2ccccc2)cc1. The Morgan fingerprint density at radius 2 is 1.72 bits per heavy atom. The van der Waals surface area contributed by atoms with Crippen LogP contribution in [0, 0.1) is 0 Å². The second kappa shape index (κ2) is 9.22. The summed E-state index contributed by atoms with van der Waals surface area (Å²) in [6.45, 7) is 4.15. The molecule has 6 heteroatoms. The van der Waals surface area contributed by atoms with E-state index in [0.717, 1.165) is 5.69 Å². The molecular formula is C19H21N3O3. The fourth-order valence-electron chi connectivity index (χ4n) is 2.08. The first-order valence-electron chi connectivity index (χ1n) is 7.99. The lowest BCUT2D eigenvalue weighted by Crippen LogP contribution is -2.21. The van der Waals surface area contributed by atoms with E-state index in [-0.39, 0.29) is 18.2 Å². The third kappa shape index (κ3) is 6.10. The van der Waals surface area contributed by atoms with Crippen molar-refractivity contribution in [3.63, 3.8) is 0 Å². The summed E-state index contributed by atoms with van der Waals surface area (Å²) >= 11 is 0. The Balaban J connectivity index is 1.85. The number of nitrogens with zero attached hydrogens (tertiary/aromatic N) is 1. The summed E-state index contributed by atoms with van der Waals surface area (Å²) in [6.07, 6.45) is 0.0957. The van der Waals surface area contributed by atoms with Gasteiger partial charge in [-0.1, -0.05) is 18.2 Å². The molecule has 0 radical (unpaired) electrons. The zero-order chi connectivity index (χ0) is 18.1. The van der Waals surface area contributed by atoms with Crippen LogP contribution in [0.3, 0.4) is 0 Å². The third-order valence-corrected chi connectivity index (χ3v) is 3.25. The van der Waals surface area contributed by atoms with Gasteiger partial charge in [-0.15, -0.1) is 0 Å². The molecule has 0 unspecified atom stereocenters. The van der Waals surface area contributed by atoms with Gasteiger partial charge in [-0.2, -0.15) is 5.10 Å². The van der Waals surface area contributed by atoms with Crippen LogP contribution in [0.5, 0.6) is 5.75 Å². The maximum atomic E-state index is 12.0. The van der Waals surface area contributed by atoms with Gasteiger partial charge in [0.05, 0.1) is 13.0 Å². The van der Waals surface area contributed by atoms with Gasteiger partial charge < -0.3 is 10.1 Å². The number of rotatable bonds is 7. The minimum Gasteiger partial charge on any atom is -0.494 e. The smallest absolute Gasteiger partial charge is 0.271 e. The number of benzene rings is 2. The largest absolute Gasteiger partial charge is 0.494 e. The number of amides is 2. The van der Waals surface area contributed by atoms with Crippen molar-refractivity contribution in [2.75, 3.05) is 11.9 Å². The number of carbonyl (C=O) groups excluding carboxylic acids is 2. The number of hydrogen-bond acceptors (Lipinski definition) is 4. The Morgan fingerprint density at radius 1 is 1.04 bits per heavy atom. The summed E-state index contributed by atoms with van der Waals surface area (Å²) in [6, 6.07) is 15.9. The highest BCUT2D eigenvalue weighted by molar-refractivity contribution is 6.06. The van der Waals surface area contributed by atoms with Crippen LogP contribution in [0.2, 0.25) is 0 Å². The van der Waals surface area contributed by atoms with Gasteiger partial charge in [0.2, 0.25) is 5.91 Å². The maximum Gasteiger partial charge on any atom is 0.271 e. The molecule has 0 saturated heterocycles. The molecule has 0 fully saturated rings. The van der Waals surface area contributed by atoms with Crippen LogP contribution in [0.4, 0.5) is 5.69 Å². The number of para-hydroxylation sites is 1. The van der Waals surface area contributed by atoms with Crippen molar-refractivity contribution >= 4 is 23.2 Å². The first-order chi connectivity index (χ1) is 12.1. The fourth-order valence-corrected chi connectivity index (χ4v) is 2.08. The second-order valence-corrected chi connectivity index (χ2v) is 5.34. The van der Waals surface area contributed by atoms with E-state index in [1.54, 1.807) is 43.3 Å². The molecule has 0 aliphatic carbocycles. The van der Waals surface area contributed by atoms with Crippen LogP contribution in [-0.4, -0.2) is 24.1 Å². The molecule has 0 aromatic heterocycles. The average molecular weight is 339 g/mol. The minimum absolute atomic E-state index is 0.0957. The Kier molecular flexibility index (Phi) is 6.71. The van der Waals surface area contributed by atoms with Crippen molar-refractivity contribution in [3.05, 3.63) is 60.2 Å². The standard InChI is InChI=1S/C19H21N3O3/c1-3-25-17-11-9-15(10-12-17)19(24)22-21-14(2)13-18(23)20-16-7-5-4-6-8-16/h4-12H,3,13H2,1-2H3,(H,20,23)(H,22,24). The van der Waals surface area contributed by atoms with Gasteiger partial charge in [0.1, 0.15) is 5.75 Å². The molecule has 2 N–H and O–H groups in total. The highest BCUT2D eigenvalue weighted by Crippen LogP contribution is 2.12. The summed E-state index contributed by atoms with van der Waals surface area (Å²) in [5.74, 6) is 0.171. The van der Waals surface area contributed by atoms with E-state index in [9.17, 15) is 9.59 Å². The molecule has 2 aromatic carbocycles. The Morgan fingerprint density at radius 3 is 2.36 bits per heavy atom. The topological polar surface area (TPSA) is 79.8 Å². The molecule has 0 atom stereocenters. The van der Waals surface area contributed by atoms with Crippen molar-refractivity contribution < 1.29 is 14.3 Å². The van der Waals surface area contributed by atoms with E-state index in [1.165, 1.54) is 0 Å². The molecule has 0 saturated carbocycles. The summed E-state index contributed by atoms with van der Waals surface area (Å²) in [7, 11) is 0. The van der Waals surface area contributed by atoms with E-state index in [4.69, 9.17) is 4.74 Å². The average Bonchev–Trinajstić information content (AvgIpc) is 2.61. The summed E-state index contributed by atoms with van der Waals surface area (Å²) in [4.78, 5) is 24.0. The molecule has 2 rings (SSSR count). The van der Waals surface area contributed by atoms with E-state index >= 15 is 0 Å². The molecule has 130 valence electrons. The molecule has 2 amide bonds. The highest BCUT2D eigenvalue weighted by atomic mass is 16.5. The van der Waals surface area contributed by atoms with E-state index in [1.807, 2.05) is 25.1 Å². The lowest BCUT2D eigenvalue weighted by atomic mass is 10.2. The van der Waals surface area contributed by atoms with Crippen molar-refractivity contribution in [3.8, 4) is 5.75 Å². The van der Waals surface area contributed by atoms with Crippen LogP contribution in [-0.2, 0) is 4.79 Å². The molecular weight excluding hydrogens is 318 g/mol. The van der Waals surface area contributed by atoms with Crippen LogP contribution in [0.1, 0.15) is 30.6 Å². The van der Waals surface area contributed by atoms with E-state index in [2.05, 4.69) is 15.8 Å². The van der Waals surface area contributed by atoms with Crippen LogP contribution >= 0.6 is 0 Å². The number of ether oxygens (including phenoxy) is 1. The number of hydrogen-bond donors (Lipinski definition) is 2. The van der Waals surface area contributed by atoms with Crippen molar-refractivity contribution in [2.45, 2.75) is 20.3 Å². The van der Waals surface area contributed by atoms with Gasteiger partial charge in [-0.25, -0.2) is 5.43 Å². The number of nitrogens with one attached hydrogen (secondary N) is 2. The highest BCUT2D eigenvalue weighted by Gasteiger charge is 2.07. The quantitative estimate of drug-likeness (QED) is 0.600. The zero-order valence-corrected chi connectivity index (χ0v) is 14.3. The number of anilines is 1. The second-order valence-electron chi connectivity index (χ2n) is 5.34. The lowest BCUT2D eigenvalue weighted by Gasteiger charge is -2.06. The fraction of sp³-hybridized carbons (Fsp3) is 0.211. The first kappa shape index (κ1) is 18.2. The van der Waals surface area contributed by atoms with E-state index in [0.29, 0.717) is 23.6 Å². The van der Waals surface area contributed by atoms with Gasteiger partial charge in [0.25, 0.3) is 5.91 Å². The molecule has 0 bridgehead atoms. The molecule has 0 heterocycles. The first-order valence-corrected chi connectivity index (χ1v) is 7.99. The normalized spacial score (nSPS) is 10.9. The van der Waals surface area contributed by atoms with Gasteiger partial charge in [-0.05, 0) is 50.2 Å². The van der Waals surface area contributed by atoms with Crippen molar-refractivity contribution in [2.24, 2.45) is 5.10 Å². The Bertz CT molecular complexity index is 740. The molecule has 6 nitrogen and oxygen atoms in total. The maximum absolute atomic E-state index is 12.0. The van der Waals surface area contributed by atoms with Crippen LogP contribution < -0.4 is 15.5 Å². The summed E-state index contributed by atoms with van der Waals surface area (Å²) in [5.41, 5.74) is 4.14. The predicted molar refractivity (Wildman–Crippen MR) is 97.9 cm³/mol. The van der Waals surface area contributed by atoms with Gasteiger partial charge >= 0.3 is 0 Å². The van der Waals surface area contributed by atoms with Gasteiger partial charge in [-0.3, -0.25) is 9.59 Å². The van der Waals surface area contributed by atoms with Gasteiger partial charge in [0.15, 0.2) is 0 Å². The summed E-state index contributed by atoms with van der Waals surface area (Å²) in [5, 5.41) is 6.73. The monoisotopic (exact) mass is 339 g/mol. The van der Waals surface area contributed by atoms with Crippen molar-refractivity contribution in [1.82, 2.24) is 5.43 Å². The van der Waals surface area contributed by atoms with Crippen LogP contribution in [0.15, 0.2) is 59.7 Å². The Labute approximate surface area is 146 Å². The van der Waals surface area contributed by atoms with Crippen molar-refractivity contribution in [1.29, 1.82) is 0 Å². The van der Waals surface area contributed by atoms with E-state index < -0.39 is 0 Å². The third-order valence-electron chi connectivity index (χ3n) is 3.25. The predicted octanol–water partition coefficient (Wildman–Crippen LogP) is 3.22. The molecule has 2 aromatic rings.